The number of para-hydroxylation sites is 2. The molecule has 1 aliphatic heterocycles. The van der Waals surface area contributed by atoms with Gasteiger partial charge in [-0.05, 0) is 89.5 Å². The summed E-state index contributed by atoms with van der Waals surface area (Å²) in [6.45, 7) is 6.05. The summed E-state index contributed by atoms with van der Waals surface area (Å²) in [5.74, 6) is 1.95. The zero-order chi connectivity index (χ0) is 30.8. The van der Waals surface area contributed by atoms with Crippen molar-refractivity contribution in [3.63, 3.8) is 0 Å². The van der Waals surface area contributed by atoms with Crippen LogP contribution in [-0.4, -0.2) is 4.57 Å². The smallest absolute Gasteiger partial charge is 0.135 e. The monoisotopic (exact) mass is 590 g/mol. The van der Waals surface area contributed by atoms with Crippen LogP contribution in [0.1, 0.15) is 18.2 Å². The highest BCUT2D eigenvalue weighted by molar-refractivity contribution is 6.04. The third kappa shape index (κ3) is 3.92. The maximum atomic E-state index is 6.11. The summed E-state index contributed by atoms with van der Waals surface area (Å²) in [6.07, 6.45) is 5.86. The van der Waals surface area contributed by atoms with Gasteiger partial charge in [-0.1, -0.05) is 97.6 Å². The average Bonchev–Trinajstić information content (AvgIpc) is 3.61. The van der Waals surface area contributed by atoms with E-state index in [1.165, 1.54) is 38.5 Å². The number of allylic oxidation sites excluding steroid dienone is 1. The molecule has 0 aliphatic carbocycles. The van der Waals surface area contributed by atoms with Crippen LogP contribution in [0.2, 0.25) is 0 Å². The van der Waals surface area contributed by atoms with E-state index in [1.54, 1.807) is 0 Å². The third-order valence-electron chi connectivity index (χ3n) is 9.19. The van der Waals surface area contributed by atoms with Crippen molar-refractivity contribution in [2.75, 3.05) is 4.90 Å². The first-order chi connectivity index (χ1) is 22.7. The molecule has 0 saturated carbocycles. The molecule has 3 heterocycles. The lowest BCUT2D eigenvalue weighted by Crippen LogP contribution is -2.12. The molecule has 6 aromatic carbocycles. The molecule has 218 valence electrons. The number of nitrogens with zero attached hydrogens (tertiary/aromatic N) is 2. The van der Waals surface area contributed by atoms with E-state index in [2.05, 4.69) is 150 Å². The molecule has 0 saturated heterocycles. The fourth-order valence-electron chi connectivity index (χ4n) is 7.09. The highest BCUT2D eigenvalue weighted by atomic mass is 16.3. The number of rotatable bonds is 4. The van der Waals surface area contributed by atoms with Crippen LogP contribution in [0.3, 0.4) is 0 Å². The molecule has 0 fully saturated rings. The molecule has 0 bridgehead atoms. The minimum absolute atomic E-state index is 0.837. The van der Waals surface area contributed by atoms with E-state index in [1.807, 2.05) is 25.2 Å². The fraction of sp³-hybridized carbons (Fsp3) is 0.0233. The van der Waals surface area contributed by atoms with E-state index in [0.29, 0.717) is 0 Å². The standard InChI is InChI=1S/C43H30N2O/c1-3-11-41-34(4-2)37-25-31(20-23-42(37)46-41)28-18-21-33(22-19-28)44-38-16-9-7-14-35(38)36-15-8-10-17-39(36)45-40-26-30-13-6-5-12-29(30)24-32(40)27-43(44)45/h3-27H,2H2,1H3/b11-3-. The molecule has 0 atom stereocenters. The van der Waals surface area contributed by atoms with Gasteiger partial charge in [-0.15, -0.1) is 0 Å². The molecule has 0 amide bonds. The molecule has 2 aromatic heterocycles. The summed E-state index contributed by atoms with van der Waals surface area (Å²) < 4.78 is 8.54. The highest BCUT2D eigenvalue weighted by Gasteiger charge is 2.27. The Morgan fingerprint density at radius 3 is 2.07 bits per heavy atom. The van der Waals surface area contributed by atoms with Gasteiger partial charge in [-0.3, -0.25) is 9.47 Å². The fourth-order valence-corrected chi connectivity index (χ4v) is 7.09. The maximum Gasteiger partial charge on any atom is 0.135 e. The van der Waals surface area contributed by atoms with E-state index in [0.717, 1.165) is 50.6 Å². The Bertz CT molecular complexity index is 2510. The first kappa shape index (κ1) is 26.4. The Morgan fingerprint density at radius 2 is 1.30 bits per heavy atom. The lowest BCUT2D eigenvalue weighted by atomic mass is 10.00. The van der Waals surface area contributed by atoms with E-state index >= 15 is 0 Å². The van der Waals surface area contributed by atoms with Gasteiger partial charge >= 0.3 is 0 Å². The third-order valence-corrected chi connectivity index (χ3v) is 9.19. The normalized spacial score (nSPS) is 12.4. The van der Waals surface area contributed by atoms with Gasteiger partial charge in [-0.2, -0.15) is 0 Å². The second-order valence-electron chi connectivity index (χ2n) is 11.8. The van der Waals surface area contributed by atoms with Crippen LogP contribution in [0.4, 0.5) is 17.2 Å². The van der Waals surface area contributed by atoms with Crippen molar-refractivity contribution < 1.29 is 4.42 Å². The first-order valence-electron chi connectivity index (χ1n) is 15.7. The van der Waals surface area contributed by atoms with E-state index in [-0.39, 0.29) is 0 Å². The van der Waals surface area contributed by atoms with Crippen molar-refractivity contribution in [3.8, 4) is 27.9 Å². The quantitative estimate of drug-likeness (QED) is 0.203. The Labute approximate surface area is 267 Å². The summed E-state index contributed by atoms with van der Waals surface area (Å²) in [7, 11) is 0. The van der Waals surface area contributed by atoms with Gasteiger partial charge in [0.25, 0.3) is 0 Å². The van der Waals surface area contributed by atoms with Gasteiger partial charge in [0.1, 0.15) is 17.2 Å². The minimum Gasteiger partial charge on any atom is -0.456 e. The van der Waals surface area contributed by atoms with Crippen LogP contribution in [0, 0.1) is 0 Å². The average molecular weight is 591 g/mol. The number of fused-ring (bicyclic) bond motifs is 9. The largest absolute Gasteiger partial charge is 0.456 e. The van der Waals surface area contributed by atoms with Gasteiger partial charge < -0.3 is 4.42 Å². The Balaban J connectivity index is 1.24. The van der Waals surface area contributed by atoms with Crippen molar-refractivity contribution in [2.24, 2.45) is 0 Å². The summed E-state index contributed by atoms with van der Waals surface area (Å²) in [5, 5.41) is 4.76. The Kier molecular flexibility index (Phi) is 5.87. The molecular formula is C43H30N2O. The van der Waals surface area contributed by atoms with E-state index in [9.17, 15) is 0 Å². The number of hydrogen-bond acceptors (Lipinski definition) is 2. The van der Waals surface area contributed by atoms with Gasteiger partial charge in [-0.25, -0.2) is 0 Å². The summed E-state index contributed by atoms with van der Waals surface area (Å²) in [6, 6.07) is 48.4. The number of furan rings is 1. The topological polar surface area (TPSA) is 21.3 Å². The molecule has 3 heteroatoms. The molecule has 1 aliphatic rings. The maximum absolute atomic E-state index is 6.11. The van der Waals surface area contributed by atoms with Crippen LogP contribution in [-0.2, 0) is 0 Å². The van der Waals surface area contributed by atoms with Crippen molar-refractivity contribution in [1.29, 1.82) is 0 Å². The molecular weight excluding hydrogens is 560 g/mol. The second kappa shape index (κ2) is 10.3. The Morgan fingerprint density at radius 1 is 0.630 bits per heavy atom. The van der Waals surface area contributed by atoms with E-state index in [4.69, 9.17) is 4.42 Å². The Hall–Kier alpha value is -6.06. The van der Waals surface area contributed by atoms with Crippen molar-refractivity contribution in [3.05, 3.63) is 157 Å². The molecule has 0 unspecified atom stereocenters. The predicted molar refractivity (Wildman–Crippen MR) is 194 cm³/mol. The van der Waals surface area contributed by atoms with Crippen molar-refractivity contribution >= 4 is 62.0 Å². The number of anilines is 3. The predicted octanol–water partition coefficient (Wildman–Crippen LogP) is 12.3. The molecule has 46 heavy (non-hydrogen) atoms. The highest BCUT2D eigenvalue weighted by Crippen LogP contribution is 2.49. The van der Waals surface area contributed by atoms with Gasteiger partial charge in [0.15, 0.2) is 0 Å². The van der Waals surface area contributed by atoms with Gasteiger partial charge in [0, 0.05) is 33.2 Å². The van der Waals surface area contributed by atoms with Crippen LogP contribution < -0.4 is 4.90 Å². The lowest BCUT2D eigenvalue weighted by molar-refractivity contribution is 0.603. The lowest BCUT2D eigenvalue weighted by Gasteiger charge is -2.26. The summed E-state index contributed by atoms with van der Waals surface area (Å²) in [4.78, 5) is 2.40. The molecule has 3 nitrogen and oxygen atoms in total. The number of aromatic nitrogens is 1. The first-order valence-corrected chi connectivity index (χ1v) is 15.7. The van der Waals surface area contributed by atoms with Crippen LogP contribution in [0.5, 0.6) is 0 Å². The van der Waals surface area contributed by atoms with E-state index < -0.39 is 0 Å². The SMILES string of the molecule is C=Cc1c(/C=C\C)oc2ccc(-c3ccc(N4c5ccccc5-c5ccccc5-n5c4cc4cc6ccccc6cc45)cc3)cc12. The molecule has 9 rings (SSSR count). The minimum atomic E-state index is 0.837. The molecule has 8 aromatic rings. The van der Waals surface area contributed by atoms with Crippen LogP contribution >= 0.6 is 0 Å². The van der Waals surface area contributed by atoms with Crippen LogP contribution in [0.15, 0.2) is 151 Å². The summed E-state index contributed by atoms with van der Waals surface area (Å²) in [5.41, 5.74) is 11.2. The summed E-state index contributed by atoms with van der Waals surface area (Å²) >= 11 is 0. The second-order valence-corrected chi connectivity index (χ2v) is 11.8. The number of hydrogen-bond donors (Lipinski definition) is 0. The zero-order valence-corrected chi connectivity index (χ0v) is 25.4. The molecule has 0 radical (unpaired) electrons. The number of benzene rings is 6. The molecule has 0 spiro atoms. The van der Waals surface area contributed by atoms with Gasteiger partial charge in [0.2, 0.25) is 0 Å². The van der Waals surface area contributed by atoms with Crippen LogP contribution in [0.25, 0.3) is 72.7 Å². The molecule has 0 N–H and O–H groups in total. The van der Waals surface area contributed by atoms with Crippen molar-refractivity contribution in [1.82, 2.24) is 4.57 Å². The van der Waals surface area contributed by atoms with Crippen molar-refractivity contribution in [2.45, 2.75) is 6.92 Å². The zero-order valence-electron chi connectivity index (χ0n) is 25.4. The van der Waals surface area contributed by atoms with Gasteiger partial charge in [0.05, 0.1) is 16.9 Å².